The molecule has 2 rings (SSSR count). The summed E-state index contributed by atoms with van der Waals surface area (Å²) in [6.45, 7) is 0. The van der Waals surface area contributed by atoms with E-state index in [0.29, 0.717) is 11.3 Å². The van der Waals surface area contributed by atoms with E-state index in [4.69, 9.17) is 109 Å². The molecular weight excluding hydrogens is 533 g/mol. The molecule has 0 saturated heterocycles. The molecule has 1 atom stereocenters. The first-order chi connectivity index (χ1) is 11.7. The number of ether oxygens (including phenoxy) is 1. The first-order valence-corrected chi connectivity index (χ1v) is 9.96. The zero-order valence-corrected chi connectivity index (χ0v) is 19.3. The highest BCUT2D eigenvalue weighted by Gasteiger charge is 2.49. The molecule has 0 aliphatic carbocycles. The monoisotopic (exact) mass is 537 g/mol. The zero-order valence-electron chi connectivity index (χ0n) is 12.5. The third kappa shape index (κ3) is 5.43. The molecule has 0 bridgehead atoms. The van der Waals surface area contributed by atoms with Gasteiger partial charge in [-0.25, -0.2) is 9.98 Å². The number of methoxy groups -OCH3 is 1. The Labute approximate surface area is 194 Å². The van der Waals surface area contributed by atoms with Crippen molar-refractivity contribution in [1.29, 1.82) is 0 Å². The molecule has 1 aliphatic heterocycles. The molecule has 26 heavy (non-hydrogen) atoms. The van der Waals surface area contributed by atoms with Crippen molar-refractivity contribution in [1.82, 2.24) is 4.90 Å². The van der Waals surface area contributed by atoms with Crippen LogP contribution in [0.25, 0.3) is 0 Å². The van der Waals surface area contributed by atoms with E-state index >= 15 is 0 Å². The number of rotatable bonds is 2. The van der Waals surface area contributed by atoms with Gasteiger partial charge in [0.15, 0.2) is 17.8 Å². The van der Waals surface area contributed by atoms with Gasteiger partial charge in [0, 0.05) is 0 Å². The van der Waals surface area contributed by atoms with Gasteiger partial charge in [-0.2, -0.15) is 0 Å². The quantitative estimate of drug-likeness (QED) is 0.303. The number of halogens is 9. The summed E-state index contributed by atoms with van der Waals surface area (Å²) in [5.74, 6) is 0.112. The molecule has 4 nitrogen and oxygen atoms in total. The molecule has 13 heteroatoms. The van der Waals surface area contributed by atoms with Gasteiger partial charge in [-0.1, -0.05) is 117 Å². The van der Waals surface area contributed by atoms with Crippen LogP contribution >= 0.6 is 104 Å². The molecule has 1 unspecified atom stereocenters. The summed E-state index contributed by atoms with van der Waals surface area (Å²) in [7, 11) is 1.52. The maximum absolute atomic E-state index is 6.09. The molecule has 1 heterocycles. The Morgan fingerprint density at radius 2 is 1.42 bits per heavy atom. The minimum absolute atomic E-state index is 0.227. The van der Waals surface area contributed by atoms with E-state index in [1.165, 1.54) is 7.11 Å². The average molecular weight is 541 g/mol. The predicted octanol–water partition coefficient (Wildman–Crippen LogP) is 6.87. The van der Waals surface area contributed by atoms with Gasteiger partial charge in [-0.15, -0.1) is 0 Å². The third-order valence-electron chi connectivity index (χ3n) is 3.12. The van der Waals surface area contributed by atoms with E-state index in [1.54, 1.807) is 24.3 Å². The van der Waals surface area contributed by atoms with Gasteiger partial charge in [-0.05, 0) is 17.7 Å². The largest absolute Gasteiger partial charge is 0.497 e. The van der Waals surface area contributed by atoms with E-state index < -0.39 is 17.7 Å². The van der Waals surface area contributed by atoms with Crippen LogP contribution < -0.4 is 4.74 Å². The third-order valence-corrected chi connectivity index (χ3v) is 4.68. The van der Waals surface area contributed by atoms with Crippen molar-refractivity contribution in [3.63, 3.8) is 0 Å². The molecule has 1 aromatic rings. The van der Waals surface area contributed by atoms with Gasteiger partial charge >= 0.3 is 0 Å². The Morgan fingerprint density at radius 1 is 0.885 bits per heavy atom. The smallest absolute Gasteiger partial charge is 0.271 e. The summed E-state index contributed by atoms with van der Waals surface area (Å²) < 4.78 is -1.04. The molecule has 1 aromatic carbocycles. The number of hydrogen-bond acceptors (Lipinski definition) is 4. The lowest BCUT2D eigenvalue weighted by Gasteiger charge is -2.41. The Balaban J connectivity index is 2.67. The van der Waals surface area contributed by atoms with Crippen molar-refractivity contribution < 1.29 is 4.74 Å². The highest BCUT2D eigenvalue weighted by atomic mass is 35.6. The highest BCUT2D eigenvalue weighted by molar-refractivity contribution is 6.79. The maximum Gasteiger partial charge on any atom is 0.271 e. The number of amidine groups is 2. The Morgan fingerprint density at radius 3 is 1.81 bits per heavy atom. The second kappa shape index (κ2) is 8.25. The minimum Gasteiger partial charge on any atom is -0.497 e. The molecule has 0 fully saturated rings. The van der Waals surface area contributed by atoms with Crippen LogP contribution in [0.15, 0.2) is 34.3 Å². The molecule has 0 amide bonds. The van der Waals surface area contributed by atoms with Gasteiger partial charge < -0.3 is 4.74 Å². The lowest BCUT2D eigenvalue weighted by Crippen LogP contribution is -2.51. The first-order valence-electron chi connectivity index (χ1n) is 6.56. The van der Waals surface area contributed by atoms with Gasteiger partial charge in [0.25, 0.3) is 3.92 Å². The lowest BCUT2D eigenvalue weighted by molar-refractivity contribution is 0.317. The Kier molecular flexibility index (Phi) is 7.32. The summed E-state index contributed by atoms with van der Waals surface area (Å²) in [4.78, 5) is 9.37. The van der Waals surface area contributed by atoms with Crippen LogP contribution in [-0.2, 0) is 0 Å². The highest BCUT2D eigenvalue weighted by Crippen LogP contribution is 2.47. The van der Waals surface area contributed by atoms with Crippen molar-refractivity contribution >= 4 is 116 Å². The van der Waals surface area contributed by atoms with Crippen LogP contribution in [0, 0.1) is 0 Å². The fraction of sp³-hybridized carbons (Fsp3) is 0.385. The summed E-state index contributed by atoms with van der Waals surface area (Å²) in [5.41, 5.74) is 0.547. The van der Waals surface area contributed by atoms with Gasteiger partial charge in [-0.3, -0.25) is 4.90 Å². The number of aliphatic imine (C=N–C) groups is 2. The van der Waals surface area contributed by atoms with Gasteiger partial charge in [0.1, 0.15) is 5.75 Å². The topological polar surface area (TPSA) is 37.2 Å². The van der Waals surface area contributed by atoms with Crippen molar-refractivity contribution in [3.05, 3.63) is 29.8 Å². The van der Waals surface area contributed by atoms with E-state index in [-0.39, 0.29) is 11.7 Å². The van der Waals surface area contributed by atoms with Crippen molar-refractivity contribution in [2.24, 2.45) is 9.98 Å². The number of hydrogen-bond donors (Lipinski definition) is 0. The van der Waals surface area contributed by atoms with Crippen LogP contribution in [0.2, 0.25) is 0 Å². The number of benzene rings is 1. The SMILES string of the molecule is COc1ccc(C2N=C(C(Cl)(Cl)Cl)N=C(C(Cl)(Cl)Cl)N2C(Cl)(Cl)Cl)cc1. The lowest BCUT2D eigenvalue weighted by atomic mass is 10.1. The average Bonchev–Trinajstić information content (AvgIpc) is 2.51. The second-order valence-electron chi connectivity index (χ2n) is 4.87. The number of nitrogens with zero attached hydrogens (tertiary/aromatic N) is 3. The van der Waals surface area contributed by atoms with Crippen molar-refractivity contribution in [2.45, 2.75) is 17.7 Å². The summed E-state index contributed by atoms with van der Waals surface area (Å²) >= 11 is 54.0. The van der Waals surface area contributed by atoms with Crippen LogP contribution in [-0.4, -0.2) is 35.2 Å². The van der Waals surface area contributed by atoms with E-state index in [2.05, 4.69) is 9.98 Å². The fourth-order valence-corrected chi connectivity index (χ4v) is 3.26. The molecule has 1 aliphatic rings. The van der Waals surface area contributed by atoms with Crippen LogP contribution in [0.5, 0.6) is 5.75 Å². The maximum atomic E-state index is 6.09. The summed E-state index contributed by atoms with van der Waals surface area (Å²) in [5, 5.41) is 0. The van der Waals surface area contributed by atoms with Crippen molar-refractivity contribution in [2.75, 3.05) is 7.11 Å². The summed E-state index contributed by atoms with van der Waals surface area (Å²) in [6.07, 6.45) is -0.998. The Hall–Kier alpha value is 0.770. The van der Waals surface area contributed by atoms with Crippen LogP contribution in [0.4, 0.5) is 0 Å². The van der Waals surface area contributed by atoms with Crippen molar-refractivity contribution in [3.8, 4) is 5.75 Å². The fourth-order valence-electron chi connectivity index (χ4n) is 2.07. The normalized spacial score (nSPS) is 19.2. The summed E-state index contributed by atoms with van der Waals surface area (Å²) in [6, 6.07) is 6.70. The predicted molar refractivity (Wildman–Crippen MR) is 113 cm³/mol. The van der Waals surface area contributed by atoms with Crippen LogP contribution in [0.1, 0.15) is 11.7 Å². The molecular formula is C13H8Cl9N3O. The van der Waals surface area contributed by atoms with Gasteiger partial charge in [0.2, 0.25) is 7.59 Å². The number of alkyl halides is 9. The second-order valence-corrected chi connectivity index (χ2v) is 11.7. The first kappa shape index (κ1) is 23.1. The Bertz CT molecular complexity index is 716. The van der Waals surface area contributed by atoms with Crippen LogP contribution in [0.3, 0.4) is 0 Å². The molecule has 0 spiro atoms. The molecule has 0 saturated carbocycles. The standard InChI is InChI=1S/C13H8Cl9N3O/c1-26-7-4-2-6(3-5-7)8-23-9(11(14,15)16)24-10(12(17,18)19)25(8)13(20,21)22/h2-5,8H,1H3. The van der Waals surface area contributed by atoms with Gasteiger partial charge in [0.05, 0.1) is 7.11 Å². The minimum atomic E-state index is -2.09. The van der Waals surface area contributed by atoms with E-state index in [9.17, 15) is 0 Å². The van der Waals surface area contributed by atoms with E-state index in [0.717, 1.165) is 4.90 Å². The molecule has 0 radical (unpaired) electrons. The zero-order chi connectivity index (χ0) is 19.9. The molecule has 144 valence electrons. The molecule has 0 aromatic heterocycles. The van der Waals surface area contributed by atoms with E-state index in [1.807, 2.05) is 0 Å². The molecule has 0 N–H and O–H groups in total.